The van der Waals surface area contributed by atoms with Gasteiger partial charge in [-0.05, 0) is 121 Å². The lowest BCUT2D eigenvalue weighted by Gasteiger charge is -2.29. The highest BCUT2D eigenvalue weighted by molar-refractivity contribution is 7.80. The van der Waals surface area contributed by atoms with Crippen LogP contribution in [0.2, 0.25) is 0 Å². The van der Waals surface area contributed by atoms with Crippen molar-refractivity contribution in [3.8, 4) is 0 Å². The monoisotopic (exact) mass is 2150 g/mol. The Kier molecular flexibility index (Phi) is 63.2. The number of thiol groups is 1. The van der Waals surface area contributed by atoms with Crippen molar-refractivity contribution in [2.24, 2.45) is 63.6 Å². The fourth-order valence-electron chi connectivity index (χ4n) is 13.7. The van der Waals surface area contributed by atoms with Gasteiger partial charge in [-0.1, -0.05) is 48.0 Å². The summed E-state index contributed by atoms with van der Waals surface area (Å²) >= 11 is 3.86. The van der Waals surface area contributed by atoms with Crippen molar-refractivity contribution in [1.29, 1.82) is 5.41 Å². The number of aliphatic hydroxyl groups is 1. The van der Waals surface area contributed by atoms with Gasteiger partial charge in [0.1, 0.15) is 96.7 Å². The third kappa shape index (κ3) is 56.8. The Morgan fingerprint density at radius 1 is 0.302 bits per heavy atom. The van der Waals surface area contributed by atoms with E-state index >= 15 is 0 Å². The summed E-state index contributed by atoms with van der Waals surface area (Å²) in [5.74, 6) is -37.4. The number of hydrogen-bond donors (Lipinski definition) is 35. The van der Waals surface area contributed by atoms with Crippen molar-refractivity contribution < 1.29 is 170 Å². The van der Waals surface area contributed by atoms with Gasteiger partial charge in [-0.25, -0.2) is 24.0 Å². The highest BCUT2D eigenvalue weighted by atomic mass is 32.1. The van der Waals surface area contributed by atoms with Crippen molar-refractivity contribution in [2.75, 3.05) is 32.0 Å². The lowest BCUT2D eigenvalue weighted by Crippen LogP contribution is -2.59. The van der Waals surface area contributed by atoms with Crippen LogP contribution in [-0.2, 0) is 134 Å². The van der Waals surface area contributed by atoms with Gasteiger partial charge in [0.05, 0.1) is 32.0 Å². The van der Waals surface area contributed by atoms with Crippen LogP contribution in [0.4, 0.5) is 0 Å². The van der Waals surface area contributed by atoms with E-state index in [4.69, 9.17) is 51.3 Å². The molecule has 0 fully saturated rings. The predicted molar refractivity (Wildman–Crippen MR) is 518 cm³/mol. The summed E-state index contributed by atoms with van der Waals surface area (Å²) < 4.78 is 0. The molecule has 0 saturated heterocycles. The maximum absolute atomic E-state index is 14.5. The fraction of sp³-hybridized carbons (Fsp3) is 0.663. The van der Waals surface area contributed by atoms with Crippen LogP contribution in [-0.4, -0.2) is 342 Å². The summed E-state index contributed by atoms with van der Waals surface area (Å²) in [5, 5.41) is 118. The molecule has 149 heavy (non-hydrogen) atoms. The highest BCUT2D eigenvalue weighted by Crippen LogP contribution is 2.18. The second-order valence-corrected chi connectivity index (χ2v) is 35.8. The van der Waals surface area contributed by atoms with Crippen LogP contribution < -0.4 is 142 Å². The highest BCUT2D eigenvalue weighted by Gasteiger charge is 2.40. The minimum Gasteiger partial charge on any atom is -0.481 e. The third-order valence-corrected chi connectivity index (χ3v) is 22.3. The molecule has 0 aromatic carbocycles. The van der Waals surface area contributed by atoms with Crippen LogP contribution in [0.3, 0.4) is 0 Å². The number of nitrogens with one attached hydrogen (secondary N) is 19. The number of hydrogen-bond acceptors (Lipinski definition) is 33. The van der Waals surface area contributed by atoms with Gasteiger partial charge in [-0.15, -0.1) is 0 Å². The van der Waals surface area contributed by atoms with Crippen LogP contribution in [0.5, 0.6) is 0 Å². The Hall–Kier alpha value is -15.3. The average Bonchev–Trinajstić information content (AvgIpc) is 0.848. The van der Waals surface area contributed by atoms with Crippen LogP contribution in [0.25, 0.3) is 0 Å². The predicted octanol–water partition coefficient (Wildman–Crippen LogP) is -13.4. The number of rotatable bonds is 79. The molecule has 0 aliphatic carbocycles. The molecule has 42 N–H and O–H groups in total. The van der Waals surface area contributed by atoms with Crippen molar-refractivity contribution in [2.45, 2.75) is 311 Å². The average molecular weight is 2150 g/mol. The molecule has 0 rings (SSSR count). The zero-order valence-corrected chi connectivity index (χ0v) is 84.0. The molecule has 0 unspecified atom stereocenters. The SMILES string of the molecule is CC[C@H](C)[C@H](NC(=O)[C@H](CC(C)C)NC(=O)CC[C@H](NC(=O)[C@H](CCC(N)=O)NC(=O)[C@H](CC(N)=O)NC(=O)CC[C@H](NC(=O)[C@H](CCC(N)=O)NC(=O)[C@H](CC(C)C)NC(=O)CC[C@H](NC(=O)CC[C@H](NC(=O)[C@H](CCC(=O)O)NC(=O)CNC(=O)[C@@H](N)CS)C(=O)O)C(=O)O)C(=O)O)C(=O)O)C(=O)N[C@@H](CCCNC(=N)N)C(=O)N[C@@H](CCC(=O)N[C@@H](CCCCN)C(=O)N[C@@H](CO)C(=O)N[C@@H](CC(N)=O)C(N)=O)C(=O)O. The number of carboxylic acids is 6. The van der Waals surface area contributed by atoms with Gasteiger partial charge in [0, 0.05) is 63.7 Å². The molecular weight excluding hydrogens is 2000 g/mol. The van der Waals surface area contributed by atoms with Crippen molar-refractivity contribution >= 4 is 184 Å². The number of nitrogens with two attached hydrogens (primary N) is 8. The quantitative estimate of drug-likeness (QED) is 0.0116. The number of carbonyl (C=O) groups is 28. The van der Waals surface area contributed by atoms with Gasteiger partial charge in [0.15, 0.2) is 5.96 Å². The first kappa shape index (κ1) is 134. The summed E-state index contributed by atoms with van der Waals surface area (Å²) in [5.41, 5.74) is 43.1. The van der Waals surface area contributed by atoms with Crippen molar-refractivity contribution in [3.05, 3.63) is 0 Å². The second kappa shape index (κ2) is 70.5. The fourth-order valence-corrected chi connectivity index (χ4v) is 13.8. The molecule has 0 bridgehead atoms. The summed E-state index contributed by atoms with van der Waals surface area (Å²) in [6.45, 7) is 7.78. The number of carboxylic acid groups (broad SMARTS) is 6. The first-order valence-electron chi connectivity index (χ1n) is 47.2. The van der Waals surface area contributed by atoms with Gasteiger partial charge in [-0.2, -0.15) is 12.6 Å². The summed E-state index contributed by atoms with van der Waals surface area (Å²) in [6, 6.07) is -29.8. The minimum atomic E-state index is -2.08. The van der Waals surface area contributed by atoms with Gasteiger partial charge in [0.2, 0.25) is 130 Å². The second-order valence-electron chi connectivity index (χ2n) is 35.4. The van der Waals surface area contributed by atoms with Gasteiger partial charge in [0.25, 0.3) is 0 Å². The number of carbonyl (C=O) groups excluding carboxylic acids is 22. The molecule has 0 aliphatic rings. The number of guanidine groups is 1. The van der Waals surface area contributed by atoms with Crippen LogP contribution in [0.15, 0.2) is 0 Å². The van der Waals surface area contributed by atoms with E-state index in [1.165, 1.54) is 6.92 Å². The molecule has 0 heterocycles. The molecular formula is C86H143N27O35S. The number of aliphatic hydroxyl groups excluding tert-OH is 1. The number of amides is 22. The molecule has 0 aromatic rings. The van der Waals surface area contributed by atoms with Gasteiger partial charge >= 0.3 is 35.8 Å². The Morgan fingerprint density at radius 3 is 0.926 bits per heavy atom. The largest absolute Gasteiger partial charge is 0.481 e. The molecule has 63 heteroatoms. The summed E-state index contributed by atoms with van der Waals surface area (Å²) in [6.07, 6.45) is -13.9. The molecule has 18 atom stereocenters. The van der Waals surface area contributed by atoms with E-state index in [2.05, 4.69) is 103 Å². The van der Waals surface area contributed by atoms with E-state index in [1.54, 1.807) is 34.6 Å². The maximum atomic E-state index is 14.5. The molecule has 62 nitrogen and oxygen atoms in total. The molecule has 0 radical (unpaired) electrons. The Labute approximate surface area is 858 Å². The molecule has 838 valence electrons. The van der Waals surface area contributed by atoms with Gasteiger partial charge in [-0.3, -0.25) is 116 Å². The van der Waals surface area contributed by atoms with E-state index in [0.717, 1.165) is 0 Å². The minimum absolute atomic E-state index is 0.0429. The first-order chi connectivity index (χ1) is 69.6. The van der Waals surface area contributed by atoms with Crippen LogP contribution in [0.1, 0.15) is 208 Å². The van der Waals surface area contributed by atoms with E-state index in [0.29, 0.717) is 6.42 Å². The van der Waals surface area contributed by atoms with Crippen LogP contribution in [0, 0.1) is 23.2 Å². The molecule has 22 amide bonds. The lowest BCUT2D eigenvalue weighted by molar-refractivity contribution is -0.144. The Bertz CT molecular complexity index is 4700. The molecule has 0 aliphatic heterocycles. The third-order valence-electron chi connectivity index (χ3n) is 21.9. The van der Waals surface area contributed by atoms with Crippen LogP contribution >= 0.6 is 12.6 Å². The Morgan fingerprint density at radius 2 is 0.584 bits per heavy atom. The van der Waals surface area contributed by atoms with Gasteiger partial charge < -0.3 is 177 Å². The zero-order chi connectivity index (χ0) is 114. The molecule has 0 aromatic heterocycles. The van der Waals surface area contributed by atoms with E-state index < -0.39 is 421 Å². The first-order valence-corrected chi connectivity index (χ1v) is 47.9. The van der Waals surface area contributed by atoms with E-state index in [1.807, 2.05) is 5.32 Å². The topological polar surface area (TPSA) is 1070 Å². The van der Waals surface area contributed by atoms with Crippen molar-refractivity contribution in [1.82, 2.24) is 95.7 Å². The van der Waals surface area contributed by atoms with E-state index in [-0.39, 0.29) is 63.8 Å². The smallest absolute Gasteiger partial charge is 0.326 e. The standard InChI is InChI=1S/C86H143N27O35S/c1-7-40(6)68(80(138)106-43(12-10-30-96-86(94)95)72(130)107-48(82(141)142)16-24-61(119)98-42(11-8-9-29-87)71(129)112-56(36-114)79(137)111-52(69(93)127)33-59(91)117)113-78(136)54(32-39(4)5)102-64(122)26-18-50(84(145)146)110-75(133)46(14-22-58(90)116)105-77(135)55(34-60(92)118)103-65(123)27-19-51(85(147)148)109-74(132)45(13-21-57(89)115)104-76(134)53(31-38(2)3)101-63(121)23-15-47(81(139)140)100-62(120)25-17-49(83(143)144)108-73(131)44(20-28-67(125)126)99-66(124)35-97-70(128)41(88)37-149/h38-56,68,114,149H,7-37,87-88H2,1-6H3,(H2,89,115)(H2,90,116)(H2,91,117)(H2,92,118)(H2,93,127)(H,97,128)(H,98,119)(H,99,124)(H,100,120)(H,101,121)(H,102,122)(H,103,123)(H,104,134)(H,105,135)(H,106,138)(H,107,130)(H,108,131)(H,109,132)(H,110,133)(H,111,137)(H,112,129)(H,113,136)(H,125,126)(H,139,140)(H,141,142)(H,143,144)(H,145,146)(H,147,148)(H4,94,95,96)/t40-,41-,42-,43-,44-,45-,46-,47-,48-,49-,50-,51-,52-,53-,54-,55-,56-,68-/m0/s1. The normalized spacial score (nSPS) is 14.6. The Balaban J connectivity index is 6.70. The van der Waals surface area contributed by atoms with E-state index in [9.17, 15) is 170 Å². The zero-order valence-electron chi connectivity index (χ0n) is 83.1. The molecule has 0 spiro atoms. The summed E-state index contributed by atoms with van der Waals surface area (Å²) in [7, 11) is 0. The number of primary amides is 5. The maximum Gasteiger partial charge on any atom is 0.326 e. The lowest BCUT2D eigenvalue weighted by atomic mass is 9.96. The van der Waals surface area contributed by atoms with Crippen molar-refractivity contribution in [3.63, 3.8) is 0 Å². The number of aliphatic carboxylic acids is 6. The summed E-state index contributed by atoms with van der Waals surface area (Å²) in [4.78, 5) is 365. The number of unbranched alkanes of at least 4 members (excludes halogenated alkanes) is 1. The molecule has 0 saturated carbocycles.